The fraction of sp³-hybridized carbons (Fsp3) is 0.320. The Morgan fingerprint density at radius 3 is 2.77 bits per heavy atom. The number of benzene rings is 2. The molecular formula is C25H28BrNO3. The van der Waals surface area contributed by atoms with Gasteiger partial charge in [-0.1, -0.05) is 47.8 Å². The van der Waals surface area contributed by atoms with Crippen molar-refractivity contribution >= 4 is 38.4 Å². The van der Waals surface area contributed by atoms with Crippen molar-refractivity contribution in [3.8, 4) is 16.9 Å². The average Bonchev–Trinajstić information content (AvgIpc) is 3.13. The predicted molar refractivity (Wildman–Crippen MR) is 127 cm³/mol. The molecular weight excluding hydrogens is 442 g/mol. The molecule has 4 nitrogen and oxygen atoms in total. The summed E-state index contributed by atoms with van der Waals surface area (Å²) in [4.78, 5) is 12.3. The molecule has 2 aromatic carbocycles. The van der Waals surface area contributed by atoms with Crippen molar-refractivity contribution in [3.05, 3.63) is 58.8 Å². The third kappa shape index (κ3) is 5.33. The van der Waals surface area contributed by atoms with E-state index in [4.69, 9.17) is 9.15 Å². The number of halogens is 1. The molecule has 1 N–H and O–H groups in total. The van der Waals surface area contributed by atoms with Gasteiger partial charge in [0.25, 0.3) is 0 Å². The van der Waals surface area contributed by atoms with Crippen LogP contribution in [0.1, 0.15) is 45.6 Å². The van der Waals surface area contributed by atoms with Gasteiger partial charge in [0.15, 0.2) is 0 Å². The molecule has 0 fully saturated rings. The van der Waals surface area contributed by atoms with E-state index < -0.39 is 0 Å². The molecule has 158 valence electrons. The van der Waals surface area contributed by atoms with Gasteiger partial charge in [-0.05, 0) is 49.6 Å². The number of allylic oxidation sites excluding steroid dienone is 1. The number of carbonyl (C=O) groups is 1. The Morgan fingerprint density at radius 1 is 1.20 bits per heavy atom. The standard InChI is InChI=1S/C25H28BrNO3/c1-4-6-7-11-27-25(28)12-17(3)20-14-21-22(18-9-8-10-19(26)13-18)16-30-24(21)15-23(20)29-5-2/h8-10,12-16H,4-7,11H2,1-3H3,(H,27,28)/b17-12+. The summed E-state index contributed by atoms with van der Waals surface area (Å²) in [5.41, 5.74) is 4.58. The van der Waals surface area contributed by atoms with Gasteiger partial charge in [-0.3, -0.25) is 4.79 Å². The van der Waals surface area contributed by atoms with E-state index >= 15 is 0 Å². The molecule has 30 heavy (non-hydrogen) atoms. The van der Waals surface area contributed by atoms with Crippen LogP contribution >= 0.6 is 15.9 Å². The van der Waals surface area contributed by atoms with E-state index in [0.29, 0.717) is 18.9 Å². The van der Waals surface area contributed by atoms with Crippen LogP contribution in [0, 0.1) is 0 Å². The summed E-state index contributed by atoms with van der Waals surface area (Å²) in [5, 5.41) is 3.95. The zero-order valence-corrected chi connectivity index (χ0v) is 19.3. The van der Waals surface area contributed by atoms with Crippen LogP contribution in [-0.4, -0.2) is 19.1 Å². The molecule has 1 aromatic heterocycles. The monoisotopic (exact) mass is 469 g/mol. The fourth-order valence-corrected chi connectivity index (χ4v) is 3.83. The first-order valence-electron chi connectivity index (χ1n) is 10.4. The molecule has 0 radical (unpaired) electrons. The highest BCUT2D eigenvalue weighted by Crippen LogP contribution is 2.38. The minimum absolute atomic E-state index is 0.0782. The Labute approximate surface area is 186 Å². The molecule has 0 aliphatic carbocycles. The second-order valence-electron chi connectivity index (χ2n) is 7.26. The van der Waals surface area contributed by atoms with E-state index in [9.17, 15) is 4.79 Å². The van der Waals surface area contributed by atoms with E-state index in [-0.39, 0.29) is 5.91 Å². The Morgan fingerprint density at radius 2 is 2.03 bits per heavy atom. The van der Waals surface area contributed by atoms with Crippen LogP contribution in [-0.2, 0) is 4.79 Å². The number of rotatable bonds is 9. The van der Waals surface area contributed by atoms with Crippen molar-refractivity contribution in [2.24, 2.45) is 0 Å². The SMILES string of the molecule is CCCCCNC(=O)/C=C(\C)c1cc2c(-c3cccc(Br)c3)coc2cc1OCC. The second-order valence-corrected chi connectivity index (χ2v) is 8.18. The zero-order chi connectivity index (χ0) is 21.5. The molecule has 3 aromatic rings. The lowest BCUT2D eigenvalue weighted by molar-refractivity contribution is -0.116. The first-order chi connectivity index (χ1) is 14.5. The summed E-state index contributed by atoms with van der Waals surface area (Å²) in [5.74, 6) is 0.637. The lowest BCUT2D eigenvalue weighted by atomic mass is 9.99. The highest BCUT2D eigenvalue weighted by Gasteiger charge is 2.15. The van der Waals surface area contributed by atoms with E-state index in [2.05, 4.69) is 46.4 Å². The van der Waals surface area contributed by atoms with Crippen molar-refractivity contribution in [2.75, 3.05) is 13.2 Å². The summed E-state index contributed by atoms with van der Waals surface area (Å²) in [6.07, 6.45) is 6.66. The summed E-state index contributed by atoms with van der Waals surface area (Å²) >= 11 is 3.53. The summed E-state index contributed by atoms with van der Waals surface area (Å²) < 4.78 is 12.7. The van der Waals surface area contributed by atoms with Gasteiger partial charge in [0.2, 0.25) is 5.91 Å². The van der Waals surface area contributed by atoms with Crippen LogP contribution in [0.15, 0.2) is 57.6 Å². The zero-order valence-electron chi connectivity index (χ0n) is 17.8. The van der Waals surface area contributed by atoms with Crippen LogP contribution in [0.4, 0.5) is 0 Å². The predicted octanol–water partition coefficient (Wildman–Crippen LogP) is 6.97. The molecule has 0 unspecified atom stereocenters. The van der Waals surface area contributed by atoms with E-state index in [1.807, 2.05) is 32.0 Å². The maximum Gasteiger partial charge on any atom is 0.244 e. The van der Waals surface area contributed by atoms with Crippen molar-refractivity contribution in [1.82, 2.24) is 5.32 Å². The van der Waals surface area contributed by atoms with Crippen LogP contribution < -0.4 is 10.1 Å². The van der Waals surface area contributed by atoms with Crippen LogP contribution in [0.25, 0.3) is 27.7 Å². The number of hydrogen-bond acceptors (Lipinski definition) is 3. The topological polar surface area (TPSA) is 51.5 Å². The van der Waals surface area contributed by atoms with Crippen molar-refractivity contribution in [3.63, 3.8) is 0 Å². The lowest BCUT2D eigenvalue weighted by Gasteiger charge is -2.12. The third-order valence-electron chi connectivity index (χ3n) is 4.96. The largest absolute Gasteiger partial charge is 0.493 e. The van der Waals surface area contributed by atoms with Gasteiger partial charge in [-0.25, -0.2) is 0 Å². The van der Waals surface area contributed by atoms with E-state index in [1.54, 1.807) is 12.3 Å². The summed E-state index contributed by atoms with van der Waals surface area (Å²) in [7, 11) is 0. The molecule has 0 bridgehead atoms. The number of amides is 1. The second kappa shape index (κ2) is 10.5. The molecule has 0 aliphatic heterocycles. The van der Waals surface area contributed by atoms with Gasteiger partial charge in [0, 0.05) is 39.7 Å². The maximum atomic E-state index is 12.3. The molecule has 3 rings (SSSR count). The number of furan rings is 1. The first-order valence-corrected chi connectivity index (χ1v) is 11.2. The van der Waals surface area contributed by atoms with Crippen molar-refractivity contribution in [1.29, 1.82) is 0 Å². The normalized spacial score (nSPS) is 11.7. The average molecular weight is 470 g/mol. The Hall–Kier alpha value is -2.53. The minimum atomic E-state index is -0.0782. The molecule has 0 atom stereocenters. The number of unbranched alkanes of at least 4 members (excludes halogenated alkanes) is 2. The van der Waals surface area contributed by atoms with Gasteiger partial charge >= 0.3 is 0 Å². The highest BCUT2D eigenvalue weighted by molar-refractivity contribution is 9.10. The maximum absolute atomic E-state index is 12.3. The van der Waals surface area contributed by atoms with Crippen LogP contribution in [0.2, 0.25) is 0 Å². The summed E-state index contributed by atoms with van der Waals surface area (Å²) in [6, 6.07) is 12.1. The van der Waals surface area contributed by atoms with E-state index in [0.717, 1.165) is 57.0 Å². The number of nitrogens with one attached hydrogen (secondary N) is 1. The number of carbonyl (C=O) groups excluding carboxylic acids is 1. The van der Waals surface area contributed by atoms with Gasteiger partial charge < -0.3 is 14.5 Å². The molecule has 0 aliphatic rings. The Balaban J connectivity index is 1.97. The van der Waals surface area contributed by atoms with Gasteiger partial charge in [-0.2, -0.15) is 0 Å². The third-order valence-corrected chi connectivity index (χ3v) is 5.46. The first kappa shape index (κ1) is 22.2. The quantitative estimate of drug-likeness (QED) is 0.271. The molecule has 1 heterocycles. The number of hydrogen-bond donors (Lipinski definition) is 1. The molecule has 0 saturated carbocycles. The molecule has 1 amide bonds. The van der Waals surface area contributed by atoms with Crippen LogP contribution in [0.5, 0.6) is 5.75 Å². The summed E-state index contributed by atoms with van der Waals surface area (Å²) in [6.45, 7) is 7.27. The van der Waals surface area contributed by atoms with Crippen molar-refractivity contribution < 1.29 is 13.9 Å². The van der Waals surface area contributed by atoms with Crippen LogP contribution in [0.3, 0.4) is 0 Å². The van der Waals surface area contributed by atoms with Gasteiger partial charge in [-0.15, -0.1) is 0 Å². The lowest BCUT2D eigenvalue weighted by Crippen LogP contribution is -2.22. The number of ether oxygens (including phenoxy) is 1. The smallest absolute Gasteiger partial charge is 0.244 e. The highest BCUT2D eigenvalue weighted by atomic mass is 79.9. The van der Waals surface area contributed by atoms with Gasteiger partial charge in [0.05, 0.1) is 12.9 Å². The van der Waals surface area contributed by atoms with Crippen molar-refractivity contribution in [2.45, 2.75) is 40.0 Å². The molecule has 0 saturated heterocycles. The minimum Gasteiger partial charge on any atom is -0.493 e. The Kier molecular flexibility index (Phi) is 7.75. The fourth-order valence-electron chi connectivity index (χ4n) is 3.43. The van der Waals surface area contributed by atoms with E-state index in [1.165, 1.54) is 0 Å². The van der Waals surface area contributed by atoms with Gasteiger partial charge in [0.1, 0.15) is 11.3 Å². The number of fused-ring (bicyclic) bond motifs is 1. The molecule has 0 spiro atoms. The molecule has 5 heteroatoms. The Bertz CT molecular complexity index is 1050.